The third-order valence-corrected chi connectivity index (χ3v) is 5.78. The Morgan fingerprint density at radius 1 is 0.828 bits per heavy atom. The number of aliphatic carboxylic acids is 1. The minimum atomic E-state index is -1.28. The van der Waals surface area contributed by atoms with E-state index in [0.717, 1.165) is 24.0 Å². The fourth-order valence-electron chi connectivity index (χ4n) is 3.58. The van der Waals surface area contributed by atoms with Crippen LogP contribution in [0.4, 0.5) is 0 Å². The predicted octanol–water partition coefficient (Wildman–Crippen LogP) is 5.27. The van der Waals surface area contributed by atoms with Crippen LogP contribution in [0.15, 0.2) is 71.4 Å². The highest BCUT2D eigenvalue weighted by Gasteiger charge is 2.56. The lowest BCUT2D eigenvalue weighted by Gasteiger charge is -2.53. The Morgan fingerprint density at radius 3 is 1.97 bits per heavy atom. The molecule has 0 aromatic carbocycles. The molecule has 4 nitrogen and oxygen atoms in total. The number of carbonyl (C=O) groups is 1. The molecule has 3 N–H and O–H groups in total. The van der Waals surface area contributed by atoms with E-state index in [-0.39, 0.29) is 5.57 Å². The summed E-state index contributed by atoms with van der Waals surface area (Å²) in [6.07, 6.45) is 18.7. The third-order valence-electron chi connectivity index (χ3n) is 5.78. The van der Waals surface area contributed by atoms with Gasteiger partial charge in [-0.25, -0.2) is 4.79 Å². The summed E-state index contributed by atoms with van der Waals surface area (Å²) in [7, 11) is 0. The maximum atomic E-state index is 11.2. The minimum absolute atomic E-state index is 0.287. The lowest BCUT2D eigenvalue weighted by molar-refractivity contribution is -0.194. The Balaban J connectivity index is 2.82. The summed E-state index contributed by atoms with van der Waals surface area (Å²) in [5, 5.41) is 30.8. The zero-order chi connectivity index (χ0) is 22.3. The maximum Gasteiger partial charge on any atom is 0.331 e. The fourth-order valence-corrected chi connectivity index (χ4v) is 3.58. The number of carboxylic acids is 1. The summed E-state index contributed by atoms with van der Waals surface area (Å²) in [6, 6.07) is 0. The van der Waals surface area contributed by atoms with Crippen molar-refractivity contribution in [3.8, 4) is 0 Å². The van der Waals surface area contributed by atoms with Crippen LogP contribution >= 0.6 is 0 Å². The lowest BCUT2D eigenvalue weighted by Crippen LogP contribution is -2.62. The van der Waals surface area contributed by atoms with Crippen LogP contribution in [-0.4, -0.2) is 32.5 Å². The van der Waals surface area contributed by atoms with Crippen molar-refractivity contribution in [2.45, 2.75) is 72.0 Å². The summed E-state index contributed by atoms with van der Waals surface area (Å²) in [5.74, 6) is -0.924. The Bertz CT molecular complexity index is 755. The number of hydrogen-bond acceptors (Lipinski definition) is 3. The van der Waals surface area contributed by atoms with E-state index in [4.69, 9.17) is 5.11 Å². The molecule has 29 heavy (non-hydrogen) atoms. The average Bonchev–Trinajstić information content (AvgIpc) is 2.61. The van der Waals surface area contributed by atoms with E-state index in [0.29, 0.717) is 6.42 Å². The normalized spacial score (nSPS) is 29.3. The Morgan fingerprint density at radius 2 is 1.38 bits per heavy atom. The highest BCUT2D eigenvalue weighted by atomic mass is 16.4. The van der Waals surface area contributed by atoms with Gasteiger partial charge in [0.05, 0.1) is 5.60 Å². The highest BCUT2D eigenvalue weighted by Crippen LogP contribution is 2.50. The second kappa shape index (κ2) is 10.0. The van der Waals surface area contributed by atoms with E-state index in [1.165, 1.54) is 0 Å². The molecule has 0 aromatic heterocycles. The van der Waals surface area contributed by atoms with E-state index >= 15 is 0 Å². The molecule has 0 spiro atoms. The SMILES string of the molecule is CC(=C/C=C/C=C(/C)C(=O)O)/C=C/C=C(C)\C=C\[C@@]1(O)C(C)(C)CCC[C@@]1(C)O. The molecule has 0 aromatic rings. The molecule has 1 aliphatic rings. The first-order chi connectivity index (χ1) is 13.3. The monoisotopic (exact) mass is 400 g/mol. The largest absolute Gasteiger partial charge is 0.478 e. The molecule has 0 saturated heterocycles. The van der Waals surface area contributed by atoms with Gasteiger partial charge in [0.15, 0.2) is 0 Å². The Kier molecular flexibility index (Phi) is 8.61. The lowest BCUT2D eigenvalue weighted by atomic mass is 9.58. The van der Waals surface area contributed by atoms with Gasteiger partial charge in [0, 0.05) is 5.57 Å². The predicted molar refractivity (Wildman–Crippen MR) is 120 cm³/mol. The molecule has 0 radical (unpaired) electrons. The molecule has 0 bridgehead atoms. The molecule has 0 aliphatic heterocycles. The molecule has 1 aliphatic carbocycles. The first kappa shape index (κ1) is 24.9. The molecule has 4 heteroatoms. The van der Waals surface area contributed by atoms with Gasteiger partial charge in [0.1, 0.15) is 5.60 Å². The van der Waals surface area contributed by atoms with Crippen LogP contribution in [0.3, 0.4) is 0 Å². The van der Waals surface area contributed by atoms with Gasteiger partial charge in [0.2, 0.25) is 0 Å². The van der Waals surface area contributed by atoms with Gasteiger partial charge in [-0.2, -0.15) is 0 Å². The number of hydrogen-bond donors (Lipinski definition) is 3. The summed E-state index contributed by atoms with van der Waals surface area (Å²) in [5.41, 5.74) is -0.559. The first-order valence-electron chi connectivity index (χ1n) is 10.1. The van der Waals surface area contributed by atoms with Gasteiger partial charge < -0.3 is 15.3 Å². The second-order valence-electron chi connectivity index (χ2n) is 8.83. The van der Waals surface area contributed by atoms with E-state index < -0.39 is 22.6 Å². The molecular formula is C25H36O4. The van der Waals surface area contributed by atoms with Gasteiger partial charge in [-0.15, -0.1) is 0 Å². The van der Waals surface area contributed by atoms with Crippen LogP contribution in [0.2, 0.25) is 0 Å². The molecule has 0 heterocycles. The highest BCUT2D eigenvalue weighted by molar-refractivity contribution is 5.86. The van der Waals surface area contributed by atoms with E-state index in [1.54, 1.807) is 38.2 Å². The van der Waals surface area contributed by atoms with Crippen molar-refractivity contribution in [2.24, 2.45) is 5.41 Å². The summed E-state index contributed by atoms with van der Waals surface area (Å²) < 4.78 is 0. The standard InChI is InChI=1S/C25H36O4/c1-19(11-7-8-14-21(3)22(26)27)12-9-13-20(2)15-18-25(29)23(4,5)16-10-17-24(25,6)28/h7-9,11-15,18,28-29H,10,16-17H2,1-6H3,(H,26,27)/b8-7+,12-9+,18-15+,19-11-,20-13-,21-14-/t24-,25-/m1/s1. The quantitative estimate of drug-likeness (QED) is 0.402. The van der Waals surface area contributed by atoms with Crippen LogP contribution < -0.4 is 0 Å². The molecule has 0 unspecified atom stereocenters. The molecule has 2 atom stereocenters. The maximum absolute atomic E-state index is 11.2. The molecule has 160 valence electrons. The van der Waals surface area contributed by atoms with Gasteiger partial charge in [0.25, 0.3) is 0 Å². The van der Waals surface area contributed by atoms with Crippen molar-refractivity contribution in [3.05, 3.63) is 71.4 Å². The minimum Gasteiger partial charge on any atom is -0.478 e. The summed E-state index contributed by atoms with van der Waals surface area (Å²) >= 11 is 0. The van der Waals surface area contributed by atoms with Crippen molar-refractivity contribution in [2.75, 3.05) is 0 Å². The van der Waals surface area contributed by atoms with E-state index in [9.17, 15) is 15.0 Å². The van der Waals surface area contributed by atoms with Crippen LogP contribution in [-0.2, 0) is 4.79 Å². The molecule has 0 amide bonds. The molecule has 1 rings (SSSR count). The van der Waals surface area contributed by atoms with Gasteiger partial charge in [-0.3, -0.25) is 0 Å². The average molecular weight is 401 g/mol. The number of rotatable bonds is 7. The smallest absolute Gasteiger partial charge is 0.331 e. The number of allylic oxidation sites excluding steroid dienone is 10. The molecule has 1 fully saturated rings. The van der Waals surface area contributed by atoms with Crippen LogP contribution in [0, 0.1) is 5.41 Å². The van der Waals surface area contributed by atoms with Crippen molar-refractivity contribution < 1.29 is 20.1 Å². The van der Waals surface area contributed by atoms with Gasteiger partial charge >= 0.3 is 5.97 Å². The number of aliphatic hydroxyl groups is 2. The fraction of sp³-hybridized carbons (Fsp3) is 0.480. The van der Waals surface area contributed by atoms with Crippen molar-refractivity contribution >= 4 is 5.97 Å². The second-order valence-corrected chi connectivity index (χ2v) is 8.83. The van der Waals surface area contributed by atoms with Crippen molar-refractivity contribution in [1.82, 2.24) is 0 Å². The van der Waals surface area contributed by atoms with E-state index in [2.05, 4.69) is 0 Å². The van der Waals surface area contributed by atoms with Crippen LogP contribution in [0.25, 0.3) is 0 Å². The van der Waals surface area contributed by atoms with Crippen molar-refractivity contribution in [3.63, 3.8) is 0 Å². The van der Waals surface area contributed by atoms with Gasteiger partial charge in [-0.05, 0) is 58.4 Å². The van der Waals surface area contributed by atoms with Crippen LogP contribution in [0.1, 0.15) is 60.8 Å². The van der Waals surface area contributed by atoms with Crippen molar-refractivity contribution in [1.29, 1.82) is 0 Å². The Labute approximate surface area is 175 Å². The molecular weight excluding hydrogens is 364 g/mol. The molecule has 1 saturated carbocycles. The third kappa shape index (κ3) is 6.69. The number of carboxylic acid groups (broad SMARTS) is 1. The summed E-state index contributed by atoms with van der Waals surface area (Å²) in [4.78, 5) is 10.7. The Hall–Kier alpha value is -2.17. The zero-order valence-corrected chi connectivity index (χ0v) is 18.6. The first-order valence-corrected chi connectivity index (χ1v) is 10.1. The van der Waals surface area contributed by atoms with Gasteiger partial charge in [-0.1, -0.05) is 73.6 Å². The summed E-state index contributed by atoms with van der Waals surface area (Å²) in [6.45, 7) is 11.2. The van der Waals surface area contributed by atoms with E-state index in [1.807, 2.05) is 58.1 Å². The van der Waals surface area contributed by atoms with Crippen LogP contribution in [0.5, 0.6) is 0 Å². The topological polar surface area (TPSA) is 77.8 Å². The zero-order valence-electron chi connectivity index (χ0n) is 18.6.